The number of benzene rings is 1. The first-order chi connectivity index (χ1) is 8.65. The van der Waals surface area contributed by atoms with E-state index in [2.05, 4.69) is 48.0 Å². The van der Waals surface area contributed by atoms with Gasteiger partial charge in [0.25, 0.3) is 0 Å². The van der Waals surface area contributed by atoms with E-state index in [0.717, 1.165) is 24.4 Å². The maximum Gasteiger partial charge on any atom is 0.122 e. The lowest BCUT2D eigenvalue weighted by Gasteiger charge is -2.14. The van der Waals surface area contributed by atoms with Crippen molar-refractivity contribution in [2.75, 3.05) is 0 Å². The molecule has 1 unspecified atom stereocenters. The van der Waals surface area contributed by atoms with Gasteiger partial charge in [0.15, 0.2) is 0 Å². The van der Waals surface area contributed by atoms with Crippen molar-refractivity contribution in [2.24, 2.45) is 0 Å². The summed E-state index contributed by atoms with van der Waals surface area (Å²) < 4.78 is 5.73. The number of alkyl halides is 1. The molecule has 1 heterocycles. The van der Waals surface area contributed by atoms with Crippen molar-refractivity contribution >= 4 is 15.9 Å². The molecule has 0 saturated carbocycles. The number of hydrogen-bond acceptors (Lipinski definition) is 1. The summed E-state index contributed by atoms with van der Waals surface area (Å²) in [6.45, 7) is 6.36. The van der Waals surface area contributed by atoms with Crippen LogP contribution in [0.15, 0.2) is 34.7 Å². The third-order valence-corrected chi connectivity index (χ3v) is 4.23. The van der Waals surface area contributed by atoms with E-state index in [-0.39, 0.29) is 4.83 Å². The lowest BCUT2D eigenvalue weighted by molar-refractivity contribution is 0.491. The molecule has 2 aromatic rings. The van der Waals surface area contributed by atoms with Crippen LogP contribution in [0.1, 0.15) is 46.9 Å². The van der Waals surface area contributed by atoms with Gasteiger partial charge in [-0.1, -0.05) is 48.0 Å². The molecular formula is C16H19BrO. The van der Waals surface area contributed by atoms with E-state index in [1.54, 1.807) is 0 Å². The van der Waals surface area contributed by atoms with Gasteiger partial charge in [0.05, 0.1) is 4.83 Å². The predicted molar refractivity (Wildman–Crippen MR) is 79.4 cm³/mol. The van der Waals surface area contributed by atoms with Crippen LogP contribution in [0.25, 0.3) is 0 Å². The van der Waals surface area contributed by atoms with E-state index in [4.69, 9.17) is 4.42 Å². The summed E-state index contributed by atoms with van der Waals surface area (Å²) in [6.07, 6.45) is 2.11. The second-order valence-electron chi connectivity index (χ2n) is 4.55. The van der Waals surface area contributed by atoms with Crippen LogP contribution in [0.2, 0.25) is 0 Å². The fraction of sp³-hybridized carbons (Fsp3) is 0.375. The molecule has 2 rings (SSSR count). The molecule has 0 spiro atoms. The van der Waals surface area contributed by atoms with Crippen LogP contribution in [0, 0.1) is 6.92 Å². The highest BCUT2D eigenvalue weighted by Gasteiger charge is 2.17. The van der Waals surface area contributed by atoms with Crippen molar-refractivity contribution in [2.45, 2.75) is 38.4 Å². The van der Waals surface area contributed by atoms with Crippen LogP contribution in [0.4, 0.5) is 0 Å². The number of halogens is 1. The number of rotatable bonds is 4. The van der Waals surface area contributed by atoms with Gasteiger partial charge in [-0.2, -0.15) is 0 Å². The van der Waals surface area contributed by atoms with Gasteiger partial charge in [0.1, 0.15) is 11.5 Å². The van der Waals surface area contributed by atoms with E-state index in [1.165, 1.54) is 16.7 Å². The number of furan rings is 1. The van der Waals surface area contributed by atoms with E-state index in [0.29, 0.717) is 0 Å². The van der Waals surface area contributed by atoms with Crippen LogP contribution in [0.5, 0.6) is 0 Å². The zero-order valence-corrected chi connectivity index (χ0v) is 12.8. The fourth-order valence-corrected chi connectivity index (χ4v) is 2.84. The van der Waals surface area contributed by atoms with Gasteiger partial charge < -0.3 is 4.42 Å². The first kappa shape index (κ1) is 13.4. The largest absolute Gasteiger partial charge is 0.465 e. The zero-order chi connectivity index (χ0) is 13.1. The summed E-state index contributed by atoms with van der Waals surface area (Å²) in [5.41, 5.74) is 4.07. The van der Waals surface area contributed by atoms with E-state index >= 15 is 0 Å². The summed E-state index contributed by atoms with van der Waals surface area (Å²) >= 11 is 3.77. The highest BCUT2D eigenvalue weighted by atomic mass is 79.9. The molecule has 0 saturated heterocycles. The molecule has 0 aliphatic carbocycles. The summed E-state index contributed by atoms with van der Waals surface area (Å²) in [5.74, 6) is 1.94. The summed E-state index contributed by atoms with van der Waals surface area (Å²) in [4.78, 5) is 0.146. The molecule has 0 amide bonds. The molecule has 0 N–H and O–H groups in total. The van der Waals surface area contributed by atoms with Crippen LogP contribution < -0.4 is 0 Å². The Balaban J connectivity index is 2.41. The topological polar surface area (TPSA) is 13.1 Å². The predicted octanol–water partition coefficient (Wildman–Crippen LogP) is 5.20. The van der Waals surface area contributed by atoms with Crippen LogP contribution in [-0.4, -0.2) is 0 Å². The zero-order valence-electron chi connectivity index (χ0n) is 11.2. The second-order valence-corrected chi connectivity index (χ2v) is 5.47. The summed E-state index contributed by atoms with van der Waals surface area (Å²) in [6, 6.07) is 10.8. The Labute approximate surface area is 117 Å². The third kappa shape index (κ3) is 2.69. The van der Waals surface area contributed by atoms with Crippen molar-refractivity contribution in [3.05, 3.63) is 58.5 Å². The van der Waals surface area contributed by atoms with Gasteiger partial charge in [-0.3, -0.25) is 0 Å². The van der Waals surface area contributed by atoms with Crippen molar-refractivity contribution in [1.82, 2.24) is 0 Å². The first-order valence-corrected chi connectivity index (χ1v) is 7.39. The fourth-order valence-electron chi connectivity index (χ4n) is 2.17. The third-order valence-electron chi connectivity index (χ3n) is 3.28. The monoisotopic (exact) mass is 306 g/mol. The number of hydrogen-bond donors (Lipinski definition) is 0. The SMILES string of the molecule is CCc1ccc(CC)c(C(Br)c2ccc(C)o2)c1. The Morgan fingerprint density at radius 1 is 1.11 bits per heavy atom. The summed E-state index contributed by atoms with van der Waals surface area (Å²) in [5, 5.41) is 0. The van der Waals surface area contributed by atoms with Gasteiger partial charge in [-0.05, 0) is 48.6 Å². The normalized spacial score (nSPS) is 12.7. The van der Waals surface area contributed by atoms with E-state index < -0.39 is 0 Å². The maximum absolute atomic E-state index is 5.73. The Bertz CT molecular complexity index is 528. The van der Waals surface area contributed by atoms with Crippen molar-refractivity contribution in [3.8, 4) is 0 Å². The minimum atomic E-state index is 0.146. The average molecular weight is 307 g/mol. The van der Waals surface area contributed by atoms with Gasteiger partial charge >= 0.3 is 0 Å². The molecule has 1 aromatic heterocycles. The lowest BCUT2D eigenvalue weighted by Crippen LogP contribution is -1.98. The Morgan fingerprint density at radius 3 is 2.44 bits per heavy atom. The molecule has 0 radical (unpaired) electrons. The smallest absolute Gasteiger partial charge is 0.122 e. The first-order valence-electron chi connectivity index (χ1n) is 6.47. The quantitative estimate of drug-likeness (QED) is 0.708. The van der Waals surface area contributed by atoms with E-state index in [1.807, 2.05) is 19.1 Å². The van der Waals surface area contributed by atoms with E-state index in [9.17, 15) is 0 Å². The average Bonchev–Trinajstić information content (AvgIpc) is 2.83. The molecule has 0 fully saturated rings. The second kappa shape index (κ2) is 5.75. The Morgan fingerprint density at radius 2 is 1.89 bits per heavy atom. The van der Waals surface area contributed by atoms with Crippen LogP contribution in [0.3, 0.4) is 0 Å². The van der Waals surface area contributed by atoms with Crippen LogP contribution in [-0.2, 0) is 12.8 Å². The van der Waals surface area contributed by atoms with Crippen LogP contribution >= 0.6 is 15.9 Å². The standard InChI is InChI=1S/C16H19BrO/c1-4-12-7-8-13(5-2)14(10-12)16(17)15-9-6-11(3)18-15/h6-10,16H,4-5H2,1-3H3. The maximum atomic E-state index is 5.73. The van der Waals surface area contributed by atoms with Crippen molar-refractivity contribution in [1.29, 1.82) is 0 Å². The van der Waals surface area contributed by atoms with Gasteiger partial charge in [-0.15, -0.1) is 0 Å². The van der Waals surface area contributed by atoms with Crippen molar-refractivity contribution in [3.63, 3.8) is 0 Å². The van der Waals surface area contributed by atoms with Gasteiger partial charge in [0, 0.05) is 0 Å². The highest BCUT2D eigenvalue weighted by molar-refractivity contribution is 9.09. The molecule has 0 aliphatic heterocycles. The molecule has 1 nitrogen and oxygen atoms in total. The van der Waals surface area contributed by atoms with Crippen molar-refractivity contribution < 1.29 is 4.42 Å². The molecule has 1 aromatic carbocycles. The minimum absolute atomic E-state index is 0.146. The van der Waals surface area contributed by atoms with Gasteiger partial charge in [-0.25, -0.2) is 0 Å². The molecule has 2 heteroatoms. The molecule has 0 bridgehead atoms. The highest BCUT2D eigenvalue weighted by Crippen LogP contribution is 2.34. The van der Waals surface area contributed by atoms with Gasteiger partial charge in [0.2, 0.25) is 0 Å². The summed E-state index contributed by atoms with van der Waals surface area (Å²) in [7, 11) is 0. The Hall–Kier alpha value is -1.02. The molecule has 0 aliphatic rings. The lowest BCUT2D eigenvalue weighted by atomic mass is 9.97. The molecule has 18 heavy (non-hydrogen) atoms. The Kier molecular flexibility index (Phi) is 4.28. The molecule has 96 valence electrons. The molecule has 1 atom stereocenters. The minimum Gasteiger partial charge on any atom is -0.465 e. The molecular weight excluding hydrogens is 288 g/mol. The number of aryl methyl sites for hydroxylation is 3.